The van der Waals surface area contributed by atoms with Gasteiger partial charge >= 0.3 is 0 Å². The fourth-order valence-corrected chi connectivity index (χ4v) is 3.59. The summed E-state index contributed by atoms with van der Waals surface area (Å²) in [6, 6.07) is 0. The first-order valence-corrected chi connectivity index (χ1v) is 6.68. The van der Waals surface area contributed by atoms with Gasteiger partial charge in [-0.2, -0.15) is 0 Å². The third-order valence-corrected chi connectivity index (χ3v) is 3.89. The summed E-state index contributed by atoms with van der Waals surface area (Å²) >= 11 is 0. The highest BCUT2D eigenvalue weighted by atomic mass is 32.2. The Kier molecular flexibility index (Phi) is 3.92. The van der Waals surface area contributed by atoms with Gasteiger partial charge in [0.15, 0.2) is 0 Å². The van der Waals surface area contributed by atoms with Crippen LogP contribution < -0.4 is 5.14 Å². The SMILES string of the molecule is COCC1(CS(N)(=O)=O)CCCCC1. The second kappa shape index (κ2) is 4.59. The minimum absolute atomic E-state index is 0.0633. The summed E-state index contributed by atoms with van der Waals surface area (Å²) in [6.07, 6.45) is 5.18. The maximum atomic E-state index is 11.1. The highest BCUT2D eigenvalue weighted by Gasteiger charge is 2.35. The van der Waals surface area contributed by atoms with Gasteiger partial charge in [-0.3, -0.25) is 0 Å². The number of hydrogen-bond donors (Lipinski definition) is 1. The maximum absolute atomic E-state index is 11.1. The van der Waals surface area contributed by atoms with Crippen molar-refractivity contribution < 1.29 is 13.2 Å². The van der Waals surface area contributed by atoms with Crippen molar-refractivity contribution in [2.75, 3.05) is 19.5 Å². The molecule has 0 saturated heterocycles. The summed E-state index contributed by atoms with van der Waals surface area (Å²) < 4.78 is 27.3. The molecule has 0 spiro atoms. The zero-order valence-corrected chi connectivity index (χ0v) is 9.48. The molecule has 0 amide bonds. The summed E-state index contributed by atoms with van der Waals surface area (Å²) in [5, 5.41) is 5.10. The number of sulfonamides is 1. The van der Waals surface area contributed by atoms with Crippen molar-refractivity contribution in [3.05, 3.63) is 0 Å². The minimum Gasteiger partial charge on any atom is -0.384 e. The van der Waals surface area contributed by atoms with Gasteiger partial charge in [0.2, 0.25) is 10.0 Å². The van der Waals surface area contributed by atoms with Gasteiger partial charge < -0.3 is 4.74 Å². The molecule has 1 aliphatic carbocycles. The van der Waals surface area contributed by atoms with E-state index in [1.807, 2.05) is 0 Å². The Balaban J connectivity index is 2.70. The molecule has 84 valence electrons. The van der Waals surface area contributed by atoms with Crippen LogP contribution in [0.1, 0.15) is 32.1 Å². The molecule has 0 aromatic carbocycles. The lowest BCUT2D eigenvalue weighted by molar-refractivity contribution is 0.0652. The van der Waals surface area contributed by atoms with E-state index in [-0.39, 0.29) is 11.2 Å². The second-order valence-electron chi connectivity index (χ2n) is 4.30. The molecule has 0 aromatic heterocycles. The molecule has 1 aliphatic rings. The Hall–Kier alpha value is -0.130. The highest BCUT2D eigenvalue weighted by molar-refractivity contribution is 7.89. The Bertz CT molecular complexity index is 262. The van der Waals surface area contributed by atoms with Gasteiger partial charge in [0.25, 0.3) is 0 Å². The number of nitrogens with two attached hydrogens (primary N) is 1. The van der Waals surface area contributed by atoms with Crippen LogP contribution in [0.5, 0.6) is 0 Å². The topological polar surface area (TPSA) is 69.4 Å². The van der Waals surface area contributed by atoms with Crippen LogP contribution in [0.25, 0.3) is 0 Å². The van der Waals surface area contributed by atoms with E-state index in [1.54, 1.807) is 7.11 Å². The molecule has 1 fully saturated rings. The number of primary sulfonamides is 1. The smallest absolute Gasteiger partial charge is 0.209 e. The molecule has 5 heteroatoms. The average Bonchev–Trinajstić information content (AvgIpc) is 2.02. The van der Waals surface area contributed by atoms with Crippen LogP contribution in [0.2, 0.25) is 0 Å². The Morgan fingerprint density at radius 1 is 1.29 bits per heavy atom. The van der Waals surface area contributed by atoms with Crippen LogP contribution in [0.3, 0.4) is 0 Å². The summed E-state index contributed by atoms with van der Waals surface area (Å²) in [4.78, 5) is 0. The van der Waals surface area contributed by atoms with E-state index in [1.165, 1.54) is 6.42 Å². The summed E-state index contributed by atoms with van der Waals surface area (Å²) in [5.41, 5.74) is -0.222. The second-order valence-corrected chi connectivity index (χ2v) is 5.92. The Morgan fingerprint density at radius 3 is 2.29 bits per heavy atom. The summed E-state index contributed by atoms with van der Waals surface area (Å²) in [5.74, 6) is 0.0633. The van der Waals surface area contributed by atoms with E-state index in [9.17, 15) is 8.42 Å². The van der Waals surface area contributed by atoms with E-state index in [2.05, 4.69) is 0 Å². The van der Waals surface area contributed by atoms with Crippen molar-refractivity contribution in [3.8, 4) is 0 Å². The maximum Gasteiger partial charge on any atom is 0.209 e. The number of hydrogen-bond acceptors (Lipinski definition) is 3. The van der Waals surface area contributed by atoms with Gasteiger partial charge in [0.05, 0.1) is 12.4 Å². The minimum atomic E-state index is -3.38. The fourth-order valence-electron chi connectivity index (χ4n) is 2.37. The predicted molar refractivity (Wildman–Crippen MR) is 55.4 cm³/mol. The van der Waals surface area contributed by atoms with Gasteiger partial charge in [-0.15, -0.1) is 0 Å². The van der Waals surface area contributed by atoms with Crippen LogP contribution in [0.15, 0.2) is 0 Å². The quantitative estimate of drug-likeness (QED) is 0.766. The zero-order chi connectivity index (χ0) is 10.7. The first kappa shape index (κ1) is 11.9. The van der Waals surface area contributed by atoms with Crippen LogP contribution in [0, 0.1) is 5.41 Å². The molecular weight excluding hydrogens is 202 g/mol. The van der Waals surface area contributed by atoms with E-state index in [0.29, 0.717) is 6.61 Å². The molecule has 0 bridgehead atoms. The third-order valence-electron chi connectivity index (χ3n) is 2.87. The molecule has 0 atom stereocenters. The van der Waals surface area contributed by atoms with Crippen molar-refractivity contribution >= 4 is 10.0 Å². The molecule has 1 saturated carbocycles. The van der Waals surface area contributed by atoms with Crippen LogP contribution in [-0.4, -0.2) is 27.9 Å². The van der Waals surface area contributed by atoms with Crippen molar-refractivity contribution in [1.29, 1.82) is 0 Å². The average molecular weight is 221 g/mol. The molecule has 4 nitrogen and oxygen atoms in total. The standard InChI is InChI=1S/C9H19NO3S/c1-13-7-9(8-14(10,11)12)5-3-2-4-6-9/h2-8H2,1H3,(H2,10,11,12). The molecule has 0 aliphatic heterocycles. The van der Waals surface area contributed by atoms with Crippen LogP contribution in [-0.2, 0) is 14.8 Å². The molecule has 1 rings (SSSR count). The third kappa shape index (κ3) is 3.55. The Labute approximate surface area is 85.9 Å². The first-order chi connectivity index (χ1) is 6.47. The van der Waals surface area contributed by atoms with E-state index in [0.717, 1.165) is 25.7 Å². The van der Waals surface area contributed by atoms with Crippen molar-refractivity contribution in [2.45, 2.75) is 32.1 Å². The lowest BCUT2D eigenvalue weighted by Crippen LogP contribution is -2.38. The van der Waals surface area contributed by atoms with Crippen molar-refractivity contribution in [1.82, 2.24) is 0 Å². The van der Waals surface area contributed by atoms with Crippen molar-refractivity contribution in [2.24, 2.45) is 10.6 Å². The van der Waals surface area contributed by atoms with Crippen molar-refractivity contribution in [3.63, 3.8) is 0 Å². The predicted octanol–water partition coefficient (Wildman–Crippen LogP) is 0.872. The molecule has 0 aromatic rings. The van der Waals surface area contributed by atoms with Gasteiger partial charge in [0.1, 0.15) is 0 Å². The number of rotatable bonds is 4. The van der Waals surface area contributed by atoms with Gasteiger partial charge in [-0.25, -0.2) is 13.6 Å². The molecule has 0 heterocycles. The lowest BCUT2D eigenvalue weighted by Gasteiger charge is -2.35. The van der Waals surface area contributed by atoms with E-state index >= 15 is 0 Å². The van der Waals surface area contributed by atoms with Crippen LogP contribution in [0.4, 0.5) is 0 Å². The van der Waals surface area contributed by atoms with Gasteiger partial charge in [-0.1, -0.05) is 19.3 Å². The summed E-state index contributed by atoms with van der Waals surface area (Å²) in [6.45, 7) is 0.503. The van der Waals surface area contributed by atoms with Gasteiger partial charge in [0, 0.05) is 12.5 Å². The fraction of sp³-hybridized carbons (Fsp3) is 1.00. The number of methoxy groups -OCH3 is 1. The largest absolute Gasteiger partial charge is 0.384 e. The van der Waals surface area contributed by atoms with Gasteiger partial charge in [-0.05, 0) is 12.8 Å². The molecule has 0 unspecified atom stereocenters. The zero-order valence-electron chi connectivity index (χ0n) is 8.66. The number of ether oxygens (including phenoxy) is 1. The normalized spacial score (nSPS) is 22.1. The first-order valence-electron chi connectivity index (χ1n) is 4.97. The summed E-state index contributed by atoms with van der Waals surface area (Å²) in [7, 11) is -1.77. The van der Waals surface area contributed by atoms with E-state index in [4.69, 9.17) is 9.88 Å². The molecule has 14 heavy (non-hydrogen) atoms. The monoisotopic (exact) mass is 221 g/mol. The van der Waals surface area contributed by atoms with E-state index < -0.39 is 10.0 Å². The van der Waals surface area contributed by atoms with Crippen LogP contribution >= 0.6 is 0 Å². The molecule has 0 radical (unpaired) electrons. The Morgan fingerprint density at radius 2 is 1.86 bits per heavy atom. The molecule has 2 N–H and O–H groups in total. The lowest BCUT2D eigenvalue weighted by atomic mass is 9.76. The molecular formula is C9H19NO3S. The highest BCUT2D eigenvalue weighted by Crippen LogP contribution is 2.37.